The summed E-state index contributed by atoms with van der Waals surface area (Å²) < 4.78 is 27.4. The van der Waals surface area contributed by atoms with Crippen molar-refractivity contribution in [2.75, 3.05) is 19.6 Å². The summed E-state index contributed by atoms with van der Waals surface area (Å²) in [5, 5.41) is 11.3. The van der Waals surface area contributed by atoms with Crippen LogP contribution < -0.4 is 4.72 Å². The van der Waals surface area contributed by atoms with Gasteiger partial charge >= 0.3 is 0 Å². The third-order valence-corrected chi connectivity index (χ3v) is 7.60. The molecule has 0 fully saturated rings. The summed E-state index contributed by atoms with van der Waals surface area (Å²) >= 11 is 17.7. The van der Waals surface area contributed by atoms with E-state index in [0.29, 0.717) is 13.0 Å². The predicted molar refractivity (Wildman–Crippen MR) is 125 cm³/mol. The molecule has 1 N–H and O–H groups in total. The van der Waals surface area contributed by atoms with E-state index in [2.05, 4.69) is 9.62 Å². The maximum absolute atomic E-state index is 12.4. The Morgan fingerprint density at radius 3 is 2.45 bits per heavy atom. The number of non-ortho nitro benzene ring substituents is 1. The third kappa shape index (κ3) is 6.68. The lowest BCUT2D eigenvalue weighted by Crippen LogP contribution is -2.32. The highest BCUT2D eigenvalue weighted by Gasteiger charge is 2.21. The van der Waals surface area contributed by atoms with E-state index in [1.807, 2.05) is 6.07 Å². The zero-order valence-electron chi connectivity index (χ0n) is 16.3. The molecule has 0 atom stereocenters. The summed E-state index contributed by atoms with van der Waals surface area (Å²) in [5.74, 6) is 0. The van der Waals surface area contributed by atoms with Gasteiger partial charge in [0.1, 0.15) is 4.90 Å². The normalized spacial score (nSPS) is 14.0. The quantitative estimate of drug-likeness (QED) is 0.223. The topological polar surface area (TPSA) is 92.6 Å². The van der Waals surface area contributed by atoms with Crippen molar-refractivity contribution in [2.24, 2.45) is 0 Å². The summed E-state index contributed by atoms with van der Waals surface area (Å²) in [4.78, 5) is 12.7. The second-order valence-corrected chi connectivity index (χ2v) is 9.99. The number of nitrogens with zero attached hydrogens (tertiary/aromatic N) is 2. The largest absolute Gasteiger partial charge is 0.299 e. The van der Waals surface area contributed by atoms with Crippen LogP contribution in [0.4, 0.5) is 5.69 Å². The van der Waals surface area contributed by atoms with E-state index in [4.69, 9.17) is 34.8 Å². The maximum Gasteiger partial charge on any atom is 0.269 e. The van der Waals surface area contributed by atoms with Gasteiger partial charge in [0.05, 0.1) is 20.0 Å². The summed E-state index contributed by atoms with van der Waals surface area (Å²) in [6.45, 7) is 2.56. The van der Waals surface area contributed by atoms with Crippen molar-refractivity contribution >= 4 is 62.9 Å². The third-order valence-electron chi connectivity index (χ3n) is 4.95. The van der Waals surface area contributed by atoms with Gasteiger partial charge in [0.25, 0.3) is 5.69 Å². The Hall–Kier alpha value is -1.13. The van der Waals surface area contributed by atoms with Crippen molar-refractivity contribution in [1.29, 1.82) is 0 Å². The molecule has 0 saturated carbocycles. The van der Waals surface area contributed by atoms with Gasteiger partial charge in [0.15, 0.2) is 0 Å². The molecule has 0 radical (unpaired) electrons. The Balaban J connectivity index is 0.00000341. The highest BCUT2D eigenvalue weighted by molar-refractivity contribution is 7.89. The van der Waals surface area contributed by atoms with Crippen molar-refractivity contribution in [3.63, 3.8) is 0 Å². The number of nitro benzene ring substituents is 1. The molecule has 0 aromatic heterocycles. The lowest BCUT2D eigenvalue weighted by molar-refractivity contribution is -0.385. The van der Waals surface area contributed by atoms with Gasteiger partial charge in [0, 0.05) is 31.8 Å². The van der Waals surface area contributed by atoms with Crippen molar-refractivity contribution < 1.29 is 13.3 Å². The van der Waals surface area contributed by atoms with Crippen LogP contribution in [0, 0.1) is 10.1 Å². The van der Waals surface area contributed by atoms with Crippen LogP contribution in [0.1, 0.15) is 24.0 Å². The average molecular weight is 529 g/mol. The molecule has 1 aliphatic rings. The first kappa shape index (κ1) is 26.1. The van der Waals surface area contributed by atoms with Gasteiger partial charge in [-0.05, 0) is 49.1 Å². The maximum atomic E-state index is 12.4. The minimum Gasteiger partial charge on any atom is -0.299 e. The summed E-state index contributed by atoms with van der Waals surface area (Å²) in [6, 6.07) is 7.54. The Morgan fingerprint density at radius 1 is 1.03 bits per heavy atom. The zero-order chi connectivity index (χ0) is 21.9. The van der Waals surface area contributed by atoms with Gasteiger partial charge in [0.2, 0.25) is 10.0 Å². The molecule has 12 heteroatoms. The van der Waals surface area contributed by atoms with Crippen LogP contribution in [0.5, 0.6) is 0 Å². The number of unbranched alkanes of at least 4 members (excludes halogenated alkanes) is 1. The minimum atomic E-state index is -3.79. The molecule has 0 aliphatic carbocycles. The van der Waals surface area contributed by atoms with Gasteiger partial charge < -0.3 is 0 Å². The Bertz CT molecular complexity index is 1070. The van der Waals surface area contributed by atoms with Crippen molar-refractivity contribution in [1.82, 2.24) is 9.62 Å². The number of fused-ring (bicyclic) bond motifs is 1. The van der Waals surface area contributed by atoms with E-state index in [0.717, 1.165) is 37.1 Å². The smallest absolute Gasteiger partial charge is 0.269 e. The number of sulfonamides is 1. The average Bonchev–Trinajstić information content (AvgIpc) is 2.69. The number of rotatable bonds is 8. The Kier molecular flexibility index (Phi) is 9.39. The first-order chi connectivity index (χ1) is 14.2. The standard InChI is InChI=1S/C19H20Cl3N3O4S.ClH/c20-16-10-18(22)19(11-17(16)21)30(28,29)23-6-1-2-7-24-8-5-13-3-4-15(25(26)27)9-14(13)12-24;/h3-4,9-11,23H,1-2,5-8,12H2;1H. The van der Waals surface area contributed by atoms with Gasteiger partial charge in [-0.25, -0.2) is 13.1 Å². The van der Waals surface area contributed by atoms with E-state index in [9.17, 15) is 18.5 Å². The summed E-state index contributed by atoms with van der Waals surface area (Å²) in [5.41, 5.74) is 2.22. The summed E-state index contributed by atoms with van der Waals surface area (Å²) in [6.07, 6.45) is 2.26. The lowest BCUT2D eigenvalue weighted by atomic mass is 9.99. The molecule has 0 saturated heterocycles. The second-order valence-electron chi connectivity index (χ2n) is 7.04. The molecular formula is C19H21Cl4N3O4S. The molecule has 7 nitrogen and oxygen atoms in total. The zero-order valence-corrected chi connectivity index (χ0v) is 20.2. The molecule has 2 aromatic rings. The fourth-order valence-electron chi connectivity index (χ4n) is 3.36. The van der Waals surface area contributed by atoms with E-state index >= 15 is 0 Å². The van der Waals surface area contributed by atoms with Crippen LogP contribution in [-0.4, -0.2) is 37.9 Å². The molecule has 3 rings (SSSR count). The van der Waals surface area contributed by atoms with E-state index in [-0.39, 0.29) is 49.5 Å². The van der Waals surface area contributed by atoms with Crippen molar-refractivity contribution in [3.8, 4) is 0 Å². The molecule has 0 unspecified atom stereocenters. The first-order valence-corrected chi connectivity index (χ1v) is 11.9. The van der Waals surface area contributed by atoms with Crippen molar-refractivity contribution in [2.45, 2.75) is 30.7 Å². The van der Waals surface area contributed by atoms with Crippen LogP contribution in [-0.2, 0) is 23.0 Å². The molecule has 1 aliphatic heterocycles. The summed E-state index contributed by atoms with van der Waals surface area (Å²) in [7, 11) is -3.79. The molecule has 2 aromatic carbocycles. The van der Waals surface area contributed by atoms with Crippen molar-refractivity contribution in [3.05, 3.63) is 66.6 Å². The highest BCUT2D eigenvalue weighted by Crippen LogP contribution is 2.31. The number of hydrogen-bond acceptors (Lipinski definition) is 5. The number of nitrogens with one attached hydrogen (secondary N) is 1. The van der Waals surface area contributed by atoms with Gasteiger partial charge in [-0.2, -0.15) is 0 Å². The van der Waals surface area contributed by atoms with Gasteiger partial charge in [-0.1, -0.05) is 40.9 Å². The molecule has 31 heavy (non-hydrogen) atoms. The number of benzene rings is 2. The van der Waals surface area contributed by atoms with E-state index in [1.165, 1.54) is 12.1 Å². The highest BCUT2D eigenvalue weighted by atomic mass is 35.5. The monoisotopic (exact) mass is 527 g/mol. The first-order valence-electron chi connectivity index (χ1n) is 9.30. The Labute approximate surface area is 202 Å². The Morgan fingerprint density at radius 2 is 1.74 bits per heavy atom. The number of nitro groups is 1. The molecule has 170 valence electrons. The predicted octanol–water partition coefficient (Wildman–Crippen LogP) is 5.09. The number of hydrogen-bond donors (Lipinski definition) is 1. The molecule has 0 bridgehead atoms. The molecule has 0 amide bonds. The SMILES string of the molecule is Cl.O=[N+]([O-])c1ccc2c(c1)CN(CCCCNS(=O)(=O)c1cc(Cl)c(Cl)cc1Cl)CC2. The lowest BCUT2D eigenvalue weighted by Gasteiger charge is -2.28. The van der Waals surface area contributed by atoms with Crippen LogP contribution in [0.3, 0.4) is 0 Å². The van der Waals surface area contributed by atoms with Crippen LogP contribution >= 0.6 is 47.2 Å². The fourth-order valence-corrected chi connectivity index (χ4v) is 5.43. The molecule has 1 heterocycles. The van der Waals surface area contributed by atoms with Crippen LogP contribution in [0.25, 0.3) is 0 Å². The van der Waals surface area contributed by atoms with E-state index in [1.54, 1.807) is 12.1 Å². The van der Waals surface area contributed by atoms with Gasteiger partial charge in [-0.15, -0.1) is 12.4 Å². The van der Waals surface area contributed by atoms with E-state index < -0.39 is 10.0 Å². The number of halogens is 4. The minimum absolute atomic E-state index is 0. The van der Waals surface area contributed by atoms with Crippen LogP contribution in [0.15, 0.2) is 35.2 Å². The fraction of sp³-hybridized carbons (Fsp3) is 0.368. The molecule has 0 spiro atoms. The molecular weight excluding hydrogens is 508 g/mol. The van der Waals surface area contributed by atoms with Gasteiger partial charge in [-0.3, -0.25) is 15.0 Å². The van der Waals surface area contributed by atoms with Crippen LogP contribution in [0.2, 0.25) is 15.1 Å². The second kappa shape index (κ2) is 11.1.